The summed E-state index contributed by atoms with van der Waals surface area (Å²) in [5.74, 6) is 0. The number of halogens is 1. The van der Waals surface area contributed by atoms with Crippen LogP contribution in [0.3, 0.4) is 0 Å². The van der Waals surface area contributed by atoms with Crippen molar-refractivity contribution in [3.63, 3.8) is 0 Å². The number of hydrogen-bond donors (Lipinski definition) is 0. The maximum atomic E-state index is 12.9. The molecule has 0 N–H and O–H groups in total. The van der Waals surface area contributed by atoms with Gasteiger partial charge >= 0.3 is 6.09 Å². The number of amides is 1. The zero-order valence-corrected chi connectivity index (χ0v) is 27.2. The minimum absolute atomic E-state index is 0.191. The smallest absolute Gasteiger partial charge is 0.410 e. The van der Waals surface area contributed by atoms with Crippen molar-refractivity contribution in [3.05, 3.63) is 93.5 Å². The van der Waals surface area contributed by atoms with E-state index in [1.54, 1.807) is 0 Å². The molecule has 1 saturated carbocycles. The van der Waals surface area contributed by atoms with Crippen LogP contribution >= 0.6 is 11.6 Å². The summed E-state index contributed by atoms with van der Waals surface area (Å²) in [6.45, 7) is 17.5. The normalized spacial score (nSPS) is 13.8. The summed E-state index contributed by atoms with van der Waals surface area (Å²) in [6.07, 6.45) is 7.65. The molecule has 7 heteroatoms. The molecule has 0 atom stereocenters. The SMILES string of the molecule is Cc1cnc(CN(CCCCN(C(=O)OC(C)(C)C)C2CC2)Cc2ncccc2C(C)(C)c2ccc(Cl)cc2)c(C)c1. The number of aryl methyl sites for hydroxylation is 2. The van der Waals surface area contributed by atoms with E-state index >= 15 is 0 Å². The van der Waals surface area contributed by atoms with Gasteiger partial charge in [-0.3, -0.25) is 14.9 Å². The van der Waals surface area contributed by atoms with Gasteiger partial charge in [0.15, 0.2) is 0 Å². The lowest BCUT2D eigenvalue weighted by Gasteiger charge is -2.30. The molecule has 0 aliphatic heterocycles. The number of carbonyl (C=O) groups is 1. The van der Waals surface area contributed by atoms with Gasteiger partial charge < -0.3 is 9.64 Å². The zero-order chi connectivity index (χ0) is 30.5. The zero-order valence-electron chi connectivity index (χ0n) is 26.4. The molecule has 1 amide bonds. The van der Waals surface area contributed by atoms with Gasteiger partial charge in [-0.05, 0) is 107 Å². The van der Waals surface area contributed by atoms with Gasteiger partial charge in [-0.15, -0.1) is 0 Å². The predicted octanol–water partition coefficient (Wildman–Crippen LogP) is 8.25. The van der Waals surface area contributed by atoms with E-state index in [4.69, 9.17) is 26.3 Å². The Labute approximate surface area is 257 Å². The number of nitrogens with zero attached hydrogens (tertiary/aromatic N) is 4. The Bertz CT molecular complexity index is 1350. The Morgan fingerprint density at radius 1 is 0.952 bits per heavy atom. The molecule has 0 unspecified atom stereocenters. The summed E-state index contributed by atoms with van der Waals surface area (Å²) >= 11 is 6.20. The van der Waals surface area contributed by atoms with Crippen LogP contribution in [0, 0.1) is 13.8 Å². The predicted molar refractivity (Wildman–Crippen MR) is 171 cm³/mol. The molecule has 1 fully saturated rings. The van der Waals surface area contributed by atoms with Crippen LogP contribution in [0.4, 0.5) is 4.79 Å². The fourth-order valence-electron chi connectivity index (χ4n) is 5.45. The molecule has 0 saturated heterocycles. The van der Waals surface area contributed by atoms with Crippen molar-refractivity contribution in [1.82, 2.24) is 19.8 Å². The fraction of sp³-hybridized carbons (Fsp3) is 0.514. The number of aromatic nitrogens is 2. The lowest BCUT2D eigenvalue weighted by molar-refractivity contribution is 0.0229. The fourth-order valence-corrected chi connectivity index (χ4v) is 5.58. The van der Waals surface area contributed by atoms with Crippen molar-refractivity contribution in [1.29, 1.82) is 0 Å². The van der Waals surface area contributed by atoms with Crippen LogP contribution in [0.1, 0.15) is 93.9 Å². The second-order valence-corrected chi connectivity index (χ2v) is 13.7. The number of rotatable bonds is 12. The second kappa shape index (κ2) is 13.6. The van der Waals surface area contributed by atoms with Crippen molar-refractivity contribution in [2.24, 2.45) is 0 Å². The highest BCUT2D eigenvalue weighted by atomic mass is 35.5. The van der Waals surface area contributed by atoms with E-state index in [1.807, 2.05) is 56.3 Å². The molecule has 42 heavy (non-hydrogen) atoms. The largest absolute Gasteiger partial charge is 0.444 e. The van der Waals surface area contributed by atoms with E-state index in [0.717, 1.165) is 55.2 Å². The molecule has 1 aliphatic carbocycles. The summed E-state index contributed by atoms with van der Waals surface area (Å²) < 4.78 is 5.70. The van der Waals surface area contributed by atoms with E-state index in [1.165, 1.54) is 22.3 Å². The van der Waals surface area contributed by atoms with Gasteiger partial charge in [0.2, 0.25) is 0 Å². The third-order valence-corrected chi connectivity index (χ3v) is 8.19. The molecule has 1 aliphatic rings. The highest BCUT2D eigenvalue weighted by Gasteiger charge is 2.35. The Morgan fingerprint density at radius 2 is 1.62 bits per heavy atom. The first-order chi connectivity index (χ1) is 19.8. The van der Waals surface area contributed by atoms with Gasteiger partial charge in [-0.25, -0.2) is 4.79 Å². The average molecular weight is 591 g/mol. The number of unbranched alkanes of at least 4 members (excludes halogenated alkanes) is 1. The van der Waals surface area contributed by atoms with E-state index in [9.17, 15) is 4.79 Å². The number of carbonyl (C=O) groups excluding carboxylic acids is 1. The monoisotopic (exact) mass is 590 g/mol. The molecule has 226 valence electrons. The van der Waals surface area contributed by atoms with E-state index < -0.39 is 5.60 Å². The molecule has 0 radical (unpaired) electrons. The van der Waals surface area contributed by atoms with Gasteiger partial charge in [0.1, 0.15) is 5.60 Å². The molecule has 3 aromatic rings. The summed E-state index contributed by atoms with van der Waals surface area (Å²) in [6, 6.07) is 14.9. The van der Waals surface area contributed by atoms with Crippen LogP contribution in [0.25, 0.3) is 0 Å². The number of hydrogen-bond acceptors (Lipinski definition) is 5. The first-order valence-corrected chi connectivity index (χ1v) is 15.6. The highest BCUT2D eigenvalue weighted by molar-refractivity contribution is 6.30. The van der Waals surface area contributed by atoms with Crippen molar-refractivity contribution in [2.75, 3.05) is 13.1 Å². The third kappa shape index (κ3) is 8.78. The first kappa shape index (κ1) is 32.0. The molecule has 6 nitrogen and oxygen atoms in total. The van der Waals surface area contributed by atoms with E-state index in [0.29, 0.717) is 19.1 Å². The summed E-state index contributed by atoms with van der Waals surface area (Å²) in [7, 11) is 0. The lowest BCUT2D eigenvalue weighted by atomic mass is 9.77. The minimum Gasteiger partial charge on any atom is -0.444 e. The van der Waals surface area contributed by atoms with Gasteiger partial charge in [0.25, 0.3) is 0 Å². The highest BCUT2D eigenvalue weighted by Crippen LogP contribution is 2.34. The minimum atomic E-state index is -0.486. The van der Waals surface area contributed by atoms with Gasteiger partial charge in [0.05, 0.1) is 11.4 Å². The summed E-state index contributed by atoms with van der Waals surface area (Å²) in [5.41, 5.74) is 6.20. The first-order valence-electron chi connectivity index (χ1n) is 15.2. The Balaban J connectivity index is 1.51. The maximum absolute atomic E-state index is 12.9. The van der Waals surface area contributed by atoms with Crippen molar-refractivity contribution >= 4 is 17.7 Å². The molecular weight excluding hydrogens is 544 g/mol. The molecule has 4 rings (SSSR count). The second-order valence-electron chi connectivity index (χ2n) is 13.2. The molecule has 2 heterocycles. The molecule has 2 aromatic heterocycles. The topological polar surface area (TPSA) is 58.6 Å². The van der Waals surface area contributed by atoms with Crippen LogP contribution in [-0.4, -0.2) is 50.6 Å². The van der Waals surface area contributed by atoms with E-state index in [-0.39, 0.29) is 11.5 Å². The summed E-state index contributed by atoms with van der Waals surface area (Å²) in [4.78, 5) is 26.9. The number of ether oxygens (including phenoxy) is 1. The number of pyridine rings is 2. The molecule has 1 aromatic carbocycles. The van der Waals surface area contributed by atoms with Gasteiger partial charge in [-0.1, -0.05) is 49.7 Å². The van der Waals surface area contributed by atoms with Crippen LogP contribution in [0.15, 0.2) is 54.9 Å². The van der Waals surface area contributed by atoms with E-state index in [2.05, 4.69) is 56.9 Å². The standard InChI is InChI=1S/C35H47ClN4O2/c1-25-21-26(2)31(38-22-25)23-39(19-8-9-20-40(29-16-17-29)33(41)42-34(3,4)5)24-32-30(11-10-18-37-32)35(6,7)27-12-14-28(36)15-13-27/h10-15,18,21-22,29H,8-9,16-17,19-20,23-24H2,1-7H3. The summed E-state index contributed by atoms with van der Waals surface area (Å²) in [5, 5.41) is 0.736. The maximum Gasteiger partial charge on any atom is 0.410 e. The lowest BCUT2D eigenvalue weighted by Crippen LogP contribution is -2.39. The van der Waals surface area contributed by atoms with Crippen molar-refractivity contribution < 1.29 is 9.53 Å². The van der Waals surface area contributed by atoms with Crippen LogP contribution < -0.4 is 0 Å². The Hall–Kier alpha value is -2.96. The van der Waals surface area contributed by atoms with Gasteiger partial charge in [-0.2, -0.15) is 0 Å². The van der Waals surface area contributed by atoms with Crippen molar-refractivity contribution in [3.8, 4) is 0 Å². The average Bonchev–Trinajstić information content (AvgIpc) is 3.75. The molecule has 0 bridgehead atoms. The third-order valence-electron chi connectivity index (χ3n) is 7.94. The quantitative estimate of drug-likeness (QED) is 0.199. The van der Waals surface area contributed by atoms with Crippen LogP contribution in [0.5, 0.6) is 0 Å². The van der Waals surface area contributed by atoms with Gasteiger partial charge in [0, 0.05) is 48.5 Å². The Morgan fingerprint density at radius 3 is 2.26 bits per heavy atom. The Kier molecular flexibility index (Phi) is 10.3. The van der Waals surface area contributed by atoms with Crippen LogP contribution in [-0.2, 0) is 23.2 Å². The molecule has 0 spiro atoms. The van der Waals surface area contributed by atoms with Crippen LogP contribution in [0.2, 0.25) is 5.02 Å². The molecular formula is C35H47ClN4O2. The van der Waals surface area contributed by atoms with Crippen molar-refractivity contribution in [2.45, 2.75) is 104 Å². The number of benzene rings is 1.